The fourth-order valence-electron chi connectivity index (χ4n) is 2.03. The van der Waals surface area contributed by atoms with Gasteiger partial charge in [0.25, 0.3) is 10.0 Å². The number of hydrogen-bond donors (Lipinski definition) is 3. The molecule has 0 bridgehead atoms. The van der Waals surface area contributed by atoms with Crippen molar-refractivity contribution in [3.05, 3.63) is 47.5 Å². The molecule has 1 heterocycles. The van der Waals surface area contributed by atoms with E-state index in [0.717, 1.165) is 0 Å². The number of sulfonamides is 1. The lowest BCUT2D eigenvalue weighted by molar-refractivity contribution is 0.553. The van der Waals surface area contributed by atoms with Crippen LogP contribution >= 0.6 is 11.6 Å². The van der Waals surface area contributed by atoms with Crippen molar-refractivity contribution in [1.82, 2.24) is 9.97 Å². The zero-order valence-electron chi connectivity index (χ0n) is 12.1. The Kier molecular flexibility index (Phi) is 4.04. The minimum atomic E-state index is -3.89. The Bertz CT molecular complexity index is 1140. The fourth-order valence-corrected chi connectivity index (χ4v) is 3.89. The van der Waals surface area contributed by atoms with Gasteiger partial charge in [-0.3, -0.25) is 4.72 Å². The fraction of sp³-hybridized carbons (Fsp3) is 0. The number of benzene rings is 2. The van der Waals surface area contributed by atoms with Gasteiger partial charge in [-0.25, -0.2) is 17.6 Å². The van der Waals surface area contributed by atoms with E-state index in [1.54, 1.807) is 18.2 Å². The van der Waals surface area contributed by atoms with E-state index < -0.39 is 19.8 Å². The summed E-state index contributed by atoms with van der Waals surface area (Å²) in [6.07, 6.45) is 0. The maximum atomic E-state index is 12.5. The maximum Gasteiger partial charge on any atom is 0.262 e. The molecular weight excluding hydrogens is 374 g/mol. The summed E-state index contributed by atoms with van der Waals surface area (Å²) < 4.78 is 48.3. The van der Waals surface area contributed by atoms with Crippen molar-refractivity contribution < 1.29 is 17.2 Å². The Morgan fingerprint density at radius 3 is 2.54 bits per heavy atom. The number of halogens is 1. The molecule has 3 rings (SSSR count). The minimum Gasteiger partial charge on any atom is -0.329 e. The number of rotatable bonds is 4. The number of imidazole rings is 1. The SMILES string of the molecule is C=S(=O)(O)c1nc2ccc(S(=O)(=O)Nc3ccccc3Cl)cc2[nH]1. The smallest absolute Gasteiger partial charge is 0.262 e. The Morgan fingerprint density at radius 2 is 1.88 bits per heavy atom. The number of nitrogens with one attached hydrogen (secondary N) is 2. The molecule has 10 heteroatoms. The lowest BCUT2D eigenvalue weighted by atomic mass is 10.3. The van der Waals surface area contributed by atoms with E-state index in [2.05, 4.69) is 20.6 Å². The Hall–Kier alpha value is -2.07. The van der Waals surface area contributed by atoms with Crippen LogP contribution in [-0.2, 0) is 19.8 Å². The maximum absolute atomic E-state index is 12.5. The van der Waals surface area contributed by atoms with Crippen LogP contribution in [0.5, 0.6) is 0 Å². The third-order valence-electron chi connectivity index (χ3n) is 3.16. The summed E-state index contributed by atoms with van der Waals surface area (Å²) in [5.41, 5.74) is 0.908. The highest BCUT2D eigenvalue weighted by Crippen LogP contribution is 2.25. The van der Waals surface area contributed by atoms with Gasteiger partial charge in [-0.05, 0) is 36.2 Å². The first-order chi connectivity index (χ1) is 11.2. The number of nitrogens with zero attached hydrogens (tertiary/aromatic N) is 1. The molecule has 3 N–H and O–H groups in total. The zero-order valence-corrected chi connectivity index (χ0v) is 14.5. The van der Waals surface area contributed by atoms with E-state index in [1.165, 1.54) is 24.3 Å². The van der Waals surface area contributed by atoms with Gasteiger partial charge in [0, 0.05) is 0 Å². The van der Waals surface area contributed by atoms with Crippen molar-refractivity contribution in [2.24, 2.45) is 0 Å². The summed E-state index contributed by atoms with van der Waals surface area (Å²) in [6, 6.07) is 10.5. The monoisotopic (exact) mass is 385 g/mol. The summed E-state index contributed by atoms with van der Waals surface area (Å²) in [5.74, 6) is 3.12. The van der Waals surface area contributed by atoms with E-state index in [-0.39, 0.29) is 20.8 Å². The van der Waals surface area contributed by atoms with Gasteiger partial charge in [0.05, 0.1) is 26.6 Å². The number of para-hydroxylation sites is 1. The standard InChI is InChI=1S/C14H12ClN3O4S2/c1-23(19,20)14-16-12-7-6-9(8-13(12)17-14)24(21,22)18-11-5-3-2-4-10(11)15/h2-8,18H,1H2,(H,16,17)(H,19,20). The van der Waals surface area contributed by atoms with Gasteiger partial charge < -0.3 is 9.54 Å². The summed E-state index contributed by atoms with van der Waals surface area (Å²) in [4.78, 5) is 6.49. The number of anilines is 1. The van der Waals surface area contributed by atoms with Crippen LogP contribution in [0.2, 0.25) is 5.02 Å². The Morgan fingerprint density at radius 1 is 1.17 bits per heavy atom. The predicted octanol–water partition coefficient (Wildman–Crippen LogP) is 2.57. The Labute approximate surface area is 143 Å². The van der Waals surface area contributed by atoms with Gasteiger partial charge in [-0.1, -0.05) is 23.7 Å². The molecule has 1 aromatic heterocycles. The minimum absolute atomic E-state index is 0.0429. The van der Waals surface area contributed by atoms with Crippen LogP contribution in [0.4, 0.5) is 5.69 Å². The quantitative estimate of drug-likeness (QED) is 0.597. The second-order valence-electron chi connectivity index (χ2n) is 4.95. The summed E-state index contributed by atoms with van der Waals surface area (Å²) in [5, 5.41) is 0.0502. The molecular formula is C14H12ClN3O4S2. The molecule has 1 unspecified atom stereocenters. The summed E-state index contributed by atoms with van der Waals surface area (Å²) >= 11 is 5.96. The molecule has 0 aliphatic heterocycles. The van der Waals surface area contributed by atoms with Crippen molar-refractivity contribution in [3.8, 4) is 0 Å². The van der Waals surface area contributed by atoms with E-state index in [1.807, 2.05) is 0 Å². The highest BCUT2D eigenvalue weighted by Gasteiger charge is 2.18. The van der Waals surface area contributed by atoms with Crippen LogP contribution in [0.15, 0.2) is 52.5 Å². The third-order valence-corrected chi connectivity index (χ3v) is 5.65. The first kappa shape index (κ1) is 16.8. The second kappa shape index (κ2) is 5.78. The van der Waals surface area contributed by atoms with Crippen molar-refractivity contribution in [2.75, 3.05) is 4.72 Å². The number of H-pyrrole nitrogens is 1. The lowest BCUT2D eigenvalue weighted by Gasteiger charge is -2.09. The van der Waals surface area contributed by atoms with E-state index in [9.17, 15) is 17.2 Å². The molecule has 0 amide bonds. The normalized spacial score (nSPS) is 14.4. The topological polar surface area (TPSA) is 112 Å². The molecule has 0 aliphatic rings. The van der Waals surface area contributed by atoms with Crippen molar-refractivity contribution in [1.29, 1.82) is 0 Å². The first-order valence-electron chi connectivity index (χ1n) is 6.54. The van der Waals surface area contributed by atoms with E-state index in [4.69, 9.17) is 11.6 Å². The molecule has 0 saturated carbocycles. The highest BCUT2D eigenvalue weighted by atomic mass is 35.5. The lowest BCUT2D eigenvalue weighted by Crippen LogP contribution is -2.13. The van der Waals surface area contributed by atoms with Crippen molar-refractivity contribution in [3.63, 3.8) is 0 Å². The molecule has 0 spiro atoms. The average Bonchev–Trinajstić information content (AvgIpc) is 2.93. The molecule has 3 aromatic rings. The third kappa shape index (κ3) is 3.24. The molecule has 0 saturated heterocycles. The molecule has 1 atom stereocenters. The number of aromatic amines is 1. The number of fused-ring (bicyclic) bond motifs is 1. The molecule has 0 fully saturated rings. The van der Waals surface area contributed by atoms with Gasteiger partial charge in [0.2, 0.25) is 5.16 Å². The van der Waals surface area contributed by atoms with Gasteiger partial charge in [-0.2, -0.15) is 0 Å². The molecule has 126 valence electrons. The van der Waals surface area contributed by atoms with Gasteiger partial charge in [0.1, 0.15) is 9.80 Å². The zero-order chi connectivity index (χ0) is 17.5. The molecule has 2 aromatic carbocycles. The van der Waals surface area contributed by atoms with Crippen molar-refractivity contribution in [2.45, 2.75) is 10.1 Å². The van der Waals surface area contributed by atoms with Gasteiger partial charge in [-0.15, -0.1) is 0 Å². The second-order valence-corrected chi connectivity index (χ2v) is 8.70. The molecule has 0 radical (unpaired) electrons. The number of aromatic nitrogens is 2. The van der Waals surface area contributed by atoms with Crippen LogP contribution in [0, 0.1) is 0 Å². The summed E-state index contributed by atoms with van der Waals surface area (Å²) in [7, 11) is -7.40. The van der Waals surface area contributed by atoms with E-state index >= 15 is 0 Å². The van der Waals surface area contributed by atoms with Crippen LogP contribution in [0.25, 0.3) is 11.0 Å². The van der Waals surface area contributed by atoms with Gasteiger partial charge >= 0.3 is 0 Å². The Balaban J connectivity index is 2.03. The van der Waals surface area contributed by atoms with Crippen molar-refractivity contribution >= 4 is 54.0 Å². The number of hydrogen-bond acceptors (Lipinski definition) is 4. The van der Waals surface area contributed by atoms with Crippen LogP contribution < -0.4 is 4.72 Å². The van der Waals surface area contributed by atoms with Gasteiger partial charge in [0.15, 0.2) is 0 Å². The first-order valence-corrected chi connectivity index (χ1v) is 10.1. The van der Waals surface area contributed by atoms with Crippen LogP contribution in [0.3, 0.4) is 0 Å². The highest BCUT2D eigenvalue weighted by molar-refractivity contribution is 7.95. The largest absolute Gasteiger partial charge is 0.329 e. The predicted molar refractivity (Wildman–Crippen MR) is 94.5 cm³/mol. The average molecular weight is 386 g/mol. The molecule has 0 aliphatic carbocycles. The van der Waals surface area contributed by atoms with Crippen LogP contribution in [0.1, 0.15) is 0 Å². The van der Waals surface area contributed by atoms with E-state index in [0.29, 0.717) is 11.0 Å². The molecule has 7 nitrogen and oxygen atoms in total. The summed E-state index contributed by atoms with van der Waals surface area (Å²) in [6.45, 7) is 0. The van der Waals surface area contributed by atoms with Crippen LogP contribution in [-0.4, -0.2) is 33.0 Å². The molecule has 24 heavy (non-hydrogen) atoms.